The molecule has 0 amide bonds. The first-order valence-corrected chi connectivity index (χ1v) is 9.40. The van der Waals surface area contributed by atoms with Crippen molar-refractivity contribution in [2.75, 3.05) is 44.9 Å². The zero-order chi connectivity index (χ0) is 18.2. The van der Waals surface area contributed by atoms with Crippen LogP contribution in [0.4, 0.5) is 5.69 Å². The minimum atomic E-state index is 0.184. The Hall–Kier alpha value is -2.05. The molecule has 2 atom stereocenters. The number of aliphatic imine (C=N–C) groups is 1. The van der Waals surface area contributed by atoms with Crippen LogP contribution in [-0.4, -0.2) is 58.1 Å². The van der Waals surface area contributed by atoms with E-state index >= 15 is 0 Å². The normalized spacial score (nSPS) is 21.2. The van der Waals surface area contributed by atoms with Crippen molar-refractivity contribution >= 4 is 11.6 Å². The van der Waals surface area contributed by atoms with Gasteiger partial charge in [-0.15, -0.1) is 0 Å². The van der Waals surface area contributed by atoms with E-state index in [4.69, 9.17) is 9.47 Å². The highest BCUT2D eigenvalue weighted by Gasteiger charge is 2.17. The zero-order valence-corrected chi connectivity index (χ0v) is 15.8. The summed E-state index contributed by atoms with van der Waals surface area (Å²) < 4.78 is 11.2. The van der Waals surface area contributed by atoms with Gasteiger partial charge in [0.15, 0.2) is 5.96 Å². The molecule has 0 spiro atoms. The molecular formula is C20H30N4O2. The van der Waals surface area contributed by atoms with Gasteiger partial charge in [0.2, 0.25) is 0 Å². The topological polar surface area (TPSA) is 58.1 Å². The fraction of sp³-hybridized carbons (Fsp3) is 0.550. The Morgan fingerprint density at radius 3 is 2.96 bits per heavy atom. The predicted molar refractivity (Wildman–Crippen MR) is 106 cm³/mol. The van der Waals surface area contributed by atoms with E-state index in [1.165, 1.54) is 11.3 Å². The molecule has 0 radical (unpaired) electrons. The summed E-state index contributed by atoms with van der Waals surface area (Å²) in [6, 6.07) is 8.83. The average molecular weight is 358 g/mol. The number of guanidine groups is 1. The highest BCUT2D eigenvalue weighted by Crippen LogP contribution is 2.18. The van der Waals surface area contributed by atoms with Crippen LogP contribution in [0.5, 0.6) is 0 Å². The molecule has 1 fully saturated rings. The number of hydrogen-bond donors (Lipinski definition) is 2. The van der Waals surface area contributed by atoms with Crippen LogP contribution in [0.15, 0.2) is 41.4 Å². The van der Waals surface area contributed by atoms with Gasteiger partial charge in [-0.2, -0.15) is 0 Å². The van der Waals surface area contributed by atoms with E-state index in [1.807, 2.05) is 0 Å². The maximum atomic E-state index is 5.86. The molecule has 2 heterocycles. The van der Waals surface area contributed by atoms with Gasteiger partial charge in [0, 0.05) is 45.0 Å². The fourth-order valence-corrected chi connectivity index (χ4v) is 3.13. The third-order valence-electron chi connectivity index (χ3n) is 4.63. The van der Waals surface area contributed by atoms with Crippen LogP contribution >= 0.6 is 0 Å². The number of ether oxygens (including phenoxy) is 2. The Morgan fingerprint density at radius 2 is 2.23 bits per heavy atom. The lowest BCUT2D eigenvalue weighted by Crippen LogP contribution is -2.44. The van der Waals surface area contributed by atoms with Gasteiger partial charge in [0.05, 0.1) is 19.3 Å². The van der Waals surface area contributed by atoms with Gasteiger partial charge in [-0.05, 0) is 31.0 Å². The second kappa shape index (κ2) is 9.59. The molecule has 3 rings (SSSR count). The predicted octanol–water partition coefficient (Wildman–Crippen LogP) is 1.92. The van der Waals surface area contributed by atoms with E-state index in [-0.39, 0.29) is 12.1 Å². The molecule has 6 nitrogen and oxygen atoms in total. The van der Waals surface area contributed by atoms with Gasteiger partial charge >= 0.3 is 0 Å². The van der Waals surface area contributed by atoms with Crippen molar-refractivity contribution < 1.29 is 9.47 Å². The summed E-state index contributed by atoms with van der Waals surface area (Å²) in [7, 11) is 1.79. The van der Waals surface area contributed by atoms with E-state index in [2.05, 4.69) is 63.9 Å². The molecule has 0 bridgehead atoms. The van der Waals surface area contributed by atoms with E-state index < -0.39 is 0 Å². The summed E-state index contributed by atoms with van der Waals surface area (Å²) in [5, 5.41) is 6.77. The van der Waals surface area contributed by atoms with E-state index in [0.717, 1.165) is 38.6 Å². The molecule has 2 unspecified atom stereocenters. The smallest absolute Gasteiger partial charge is 0.191 e. The monoisotopic (exact) mass is 358 g/mol. The van der Waals surface area contributed by atoms with Crippen LogP contribution in [0.3, 0.4) is 0 Å². The molecule has 0 aromatic heterocycles. The van der Waals surface area contributed by atoms with Crippen molar-refractivity contribution in [2.45, 2.75) is 32.0 Å². The molecule has 0 aliphatic carbocycles. The standard InChI is InChI=1S/C20H30N4O2/c1-16(14-26-19-8-11-25-15-19)23-20(21-2)22-13-17-6-5-7-18(12-17)24-9-3-4-10-24/h3-7,12,16,19H,8-11,13-15H2,1-2H3,(H2,21,22,23). The maximum Gasteiger partial charge on any atom is 0.191 e. The Labute approximate surface area is 156 Å². The highest BCUT2D eigenvalue weighted by molar-refractivity contribution is 5.79. The van der Waals surface area contributed by atoms with E-state index in [0.29, 0.717) is 13.2 Å². The summed E-state index contributed by atoms with van der Waals surface area (Å²) in [5.74, 6) is 0.789. The number of benzene rings is 1. The van der Waals surface area contributed by atoms with Gasteiger partial charge in [0.25, 0.3) is 0 Å². The quantitative estimate of drug-likeness (QED) is 0.443. The molecule has 1 aromatic rings. The largest absolute Gasteiger partial charge is 0.379 e. The molecular weight excluding hydrogens is 328 g/mol. The molecule has 2 N–H and O–H groups in total. The lowest BCUT2D eigenvalue weighted by molar-refractivity contribution is 0.0347. The van der Waals surface area contributed by atoms with Gasteiger partial charge in [-0.25, -0.2) is 0 Å². The second-order valence-corrected chi connectivity index (χ2v) is 6.84. The first kappa shape index (κ1) is 18.7. The summed E-state index contributed by atoms with van der Waals surface area (Å²) in [5.41, 5.74) is 2.50. The number of nitrogens with one attached hydrogen (secondary N) is 2. The zero-order valence-electron chi connectivity index (χ0n) is 15.8. The highest BCUT2D eigenvalue weighted by atomic mass is 16.5. The van der Waals surface area contributed by atoms with Gasteiger partial charge in [-0.1, -0.05) is 24.3 Å². The van der Waals surface area contributed by atoms with E-state index in [9.17, 15) is 0 Å². The molecule has 1 saturated heterocycles. The number of nitrogens with zero attached hydrogens (tertiary/aromatic N) is 2. The molecule has 6 heteroatoms. The minimum Gasteiger partial charge on any atom is -0.379 e. The number of hydrogen-bond acceptors (Lipinski definition) is 4. The number of anilines is 1. The van der Waals surface area contributed by atoms with E-state index in [1.54, 1.807) is 7.05 Å². The van der Waals surface area contributed by atoms with Gasteiger partial charge in [-0.3, -0.25) is 4.99 Å². The van der Waals surface area contributed by atoms with Crippen LogP contribution < -0.4 is 15.5 Å². The SMILES string of the molecule is CN=C(NCc1cccc(N2CC=CC2)c1)NC(C)COC1CCOC1. The van der Waals surface area contributed by atoms with Crippen molar-refractivity contribution in [1.29, 1.82) is 0 Å². The summed E-state index contributed by atoms with van der Waals surface area (Å²) in [4.78, 5) is 6.67. The summed E-state index contributed by atoms with van der Waals surface area (Å²) >= 11 is 0. The van der Waals surface area contributed by atoms with Gasteiger partial charge < -0.3 is 25.0 Å². The summed E-state index contributed by atoms with van der Waals surface area (Å²) in [6.45, 7) is 6.98. The second-order valence-electron chi connectivity index (χ2n) is 6.84. The molecule has 142 valence electrons. The van der Waals surface area contributed by atoms with Crippen molar-refractivity contribution in [3.63, 3.8) is 0 Å². The average Bonchev–Trinajstić information content (AvgIpc) is 3.37. The first-order valence-electron chi connectivity index (χ1n) is 9.40. The van der Waals surface area contributed by atoms with Crippen LogP contribution in [0.2, 0.25) is 0 Å². The third kappa shape index (κ3) is 5.47. The third-order valence-corrected chi connectivity index (χ3v) is 4.63. The van der Waals surface area contributed by atoms with Crippen molar-refractivity contribution in [3.05, 3.63) is 42.0 Å². The molecule has 1 aromatic carbocycles. The van der Waals surface area contributed by atoms with Crippen LogP contribution in [0, 0.1) is 0 Å². The fourth-order valence-electron chi connectivity index (χ4n) is 3.13. The van der Waals surface area contributed by atoms with Crippen LogP contribution in [0.25, 0.3) is 0 Å². The molecule has 2 aliphatic heterocycles. The number of rotatable bonds is 7. The Bertz CT molecular complexity index is 618. The van der Waals surface area contributed by atoms with Crippen LogP contribution in [-0.2, 0) is 16.0 Å². The molecule has 2 aliphatic rings. The Morgan fingerprint density at radius 1 is 1.38 bits per heavy atom. The van der Waals surface area contributed by atoms with Crippen molar-refractivity contribution in [2.24, 2.45) is 4.99 Å². The first-order chi connectivity index (χ1) is 12.7. The lowest BCUT2D eigenvalue weighted by atomic mass is 10.2. The van der Waals surface area contributed by atoms with Gasteiger partial charge in [0.1, 0.15) is 0 Å². The molecule has 0 saturated carbocycles. The van der Waals surface area contributed by atoms with Crippen LogP contribution in [0.1, 0.15) is 18.9 Å². The Balaban J connectivity index is 1.44. The Kier molecular flexibility index (Phi) is 6.91. The maximum absolute atomic E-state index is 5.86. The summed E-state index contributed by atoms with van der Waals surface area (Å²) in [6.07, 6.45) is 5.63. The van der Waals surface area contributed by atoms with Crippen molar-refractivity contribution in [3.8, 4) is 0 Å². The minimum absolute atomic E-state index is 0.184. The van der Waals surface area contributed by atoms with Crippen molar-refractivity contribution in [1.82, 2.24) is 10.6 Å². The lowest BCUT2D eigenvalue weighted by Gasteiger charge is -2.21. The molecule has 26 heavy (non-hydrogen) atoms.